The minimum absolute atomic E-state index is 0.0921. The third-order valence-electron chi connectivity index (χ3n) is 3.32. The number of furan rings is 1. The Morgan fingerprint density at radius 1 is 1.18 bits per heavy atom. The molecule has 1 aromatic heterocycles. The maximum atomic E-state index is 12.0. The van der Waals surface area contributed by atoms with Crippen LogP contribution in [0.1, 0.15) is 34.3 Å². The minimum Gasteiger partial charge on any atom is -0.497 e. The van der Waals surface area contributed by atoms with Crippen LogP contribution in [0.4, 0.5) is 0 Å². The molecule has 0 aliphatic rings. The first-order valence-electron chi connectivity index (χ1n) is 7.00. The van der Waals surface area contributed by atoms with Gasteiger partial charge < -0.3 is 13.9 Å². The SMILES string of the molecule is COc1ccc(C(=O)OCCC(C)C(=O)c2ccco2)cc1. The van der Waals surface area contributed by atoms with Crippen molar-refractivity contribution in [2.45, 2.75) is 13.3 Å². The van der Waals surface area contributed by atoms with Crippen molar-refractivity contribution in [3.8, 4) is 5.75 Å². The highest BCUT2D eigenvalue weighted by molar-refractivity contribution is 5.95. The largest absolute Gasteiger partial charge is 0.497 e. The number of hydrogen-bond acceptors (Lipinski definition) is 5. The molecular weight excluding hydrogens is 284 g/mol. The van der Waals surface area contributed by atoms with E-state index in [0.29, 0.717) is 23.5 Å². The Morgan fingerprint density at radius 2 is 1.91 bits per heavy atom. The van der Waals surface area contributed by atoms with Crippen molar-refractivity contribution < 1.29 is 23.5 Å². The van der Waals surface area contributed by atoms with Crippen molar-refractivity contribution >= 4 is 11.8 Å². The molecule has 0 fully saturated rings. The van der Waals surface area contributed by atoms with Crippen LogP contribution >= 0.6 is 0 Å². The van der Waals surface area contributed by atoms with Crippen LogP contribution in [-0.2, 0) is 4.74 Å². The second-order valence-corrected chi connectivity index (χ2v) is 4.90. The van der Waals surface area contributed by atoms with E-state index in [9.17, 15) is 9.59 Å². The Morgan fingerprint density at radius 3 is 2.50 bits per heavy atom. The van der Waals surface area contributed by atoms with Crippen LogP contribution in [0.3, 0.4) is 0 Å². The van der Waals surface area contributed by atoms with Crippen molar-refractivity contribution in [3.63, 3.8) is 0 Å². The van der Waals surface area contributed by atoms with Crippen LogP contribution in [0.5, 0.6) is 5.75 Å². The molecule has 0 radical (unpaired) electrons. The quantitative estimate of drug-likeness (QED) is 0.579. The van der Waals surface area contributed by atoms with Gasteiger partial charge in [-0.3, -0.25) is 4.79 Å². The Balaban J connectivity index is 1.80. The fraction of sp³-hybridized carbons (Fsp3) is 0.294. The van der Waals surface area contributed by atoms with E-state index in [1.807, 2.05) is 0 Å². The van der Waals surface area contributed by atoms with Crippen molar-refractivity contribution in [2.75, 3.05) is 13.7 Å². The average molecular weight is 302 g/mol. The number of carbonyl (C=O) groups is 2. The Kier molecular flexibility index (Phi) is 5.36. The monoisotopic (exact) mass is 302 g/mol. The molecule has 116 valence electrons. The van der Waals surface area contributed by atoms with Gasteiger partial charge >= 0.3 is 5.97 Å². The number of benzene rings is 1. The van der Waals surface area contributed by atoms with Gasteiger partial charge in [-0.2, -0.15) is 0 Å². The van der Waals surface area contributed by atoms with E-state index in [0.717, 1.165) is 0 Å². The minimum atomic E-state index is -0.416. The van der Waals surface area contributed by atoms with Gasteiger partial charge in [0.05, 0.1) is 25.5 Å². The summed E-state index contributed by atoms with van der Waals surface area (Å²) in [4.78, 5) is 23.8. The summed E-state index contributed by atoms with van der Waals surface area (Å²) in [6, 6.07) is 9.96. The molecule has 0 spiro atoms. The summed E-state index contributed by atoms with van der Waals surface area (Å²) in [7, 11) is 1.56. The van der Waals surface area contributed by atoms with Gasteiger partial charge in [-0.1, -0.05) is 6.92 Å². The van der Waals surface area contributed by atoms with Crippen molar-refractivity contribution in [1.82, 2.24) is 0 Å². The first kappa shape index (κ1) is 15.8. The molecule has 0 aliphatic heterocycles. The zero-order chi connectivity index (χ0) is 15.9. The molecular formula is C17H18O5. The number of Topliss-reactive ketones (excluding diaryl/α,β-unsaturated/α-hetero) is 1. The van der Waals surface area contributed by atoms with E-state index in [1.165, 1.54) is 6.26 Å². The highest BCUT2D eigenvalue weighted by Crippen LogP contribution is 2.14. The van der Waals surface area contributed by atoms with Crippen molar-refractivity contribution in [1.29, 1.82) is 0 Å². The summed E-state index contributed by atoms with van der Waals surface area (Å²) in [5.41, 5.74) is 0.450. The number of hydrogen-bond donors (Lipinski definition) is 0. The lowest BCUT2D eigenvalue weighted by atomic mass is 10.0. The number of ether oxygens (including phenoxy) is 2. The third kappa shape index (κ3) is 3.97. The molecule has 0 saturated heterocycles. The molecule has 1 atom stereocenters. The highest BCUT2D eigenvalue weighted by atomic mass is 16.5. The molecule has 1 heterocycles. The molecule has 0 N–H and O–H groups in total. The smallest absolute Gasteiger partial charge is 0.338 e. The predicted octanol–water partition coefficient (Wildman–Crippen LogP) is 3.35. The van der Waals surface area contributed by atoms with Gasteiger partial charge in [-0.25, -0.2) is 4.79 Å². The summed E-state index contributed by atoms with van der Waals surface area (Å²) in [6.07, 6.45) is 1.91. The second kappa shape index (κ2) is 7.45. The van der Waals surface area contributed by atoms with Gasteiger partial charge in [0.25, 0.3) is 0 Å². The number of carbonyl (C=O) groups excluding carboxylic acids is 2. The maximum Gasteiger partial charge on any atom is 0.338 e. The number of ketones is 1. The zero-order valence-corrected chi connectivity index (χ0v) is 12.6. The molecule has 5 heteroatoms. The Hall–Kier alpha value is -2.56. The van der Waals surface area contributed by atoms with Crippen molar-refractivity contribution in [2.24, 2.45) is 5.92 Å². The van der Waals surface area contributed by atoms with Crippen molar-refractivity contribution in [3.05, 3.63) is 54.0 Å². The predicted molar refractivity (Wildman–Crippen MR) is 80.1 cm³/mol. The molecule has 0 aliphatic carbocycles. The van der Waals surface area contributed by atoms with E-state index in [-0.39, 0.29) is 18.3 Å². The van der Waals surface area contributed by atoms with Crippen LogP contribution < -0.4 is 4.74 Å². The summed E-state index contributed by atoms with van der Waals surface area (Å²) in [5, 5.41) is 0. The van der Waals surface area contributed by atoms with Crippen LogP contribution in [0.25, 0.3) is 0 Å². The molecule has 2 rings (SSSR count). The van der Waals surface area contributed by atoms with E-state index in [2.05, 4.69) is 0 Å². The summed E-state index contributed by atoms with van der Waals surface area (Å²) in [5.74, 6) is 0.226. The summed E-state index contributed by atoms with van der Waals surface area (Å²) < 4.78 is 15.3. The lowest BCUT2D eigenvalue weighted by Crippen LogP contribution is -2.15. The van der Waals surface area contributed by atoms with Crippen LogP contribution in [-0.4, -0.2) is 25.5 Å². The first-order chi connectivity index (χ1) is 10.6. The van der Waals surface area contributed by atoms with Gasteiger partial charge in [0, 0.05) is 5.92 Å². The molecule has 2 aromatic rings. The lowest BCUT2D eigenvalue weighted by Gasteiger charge is -2.09. The first-order valence-corrected chi connectivity index (χ1v) is 7.00. The number of esters is 1. The Bertz CT molecular complexity index is 613. The number of rotatable bonds is 7. The maximum absolute atomic E-state index is 12.0. The fourth-order valence-electron chi connectivity index (χ4n) is 1.93. The van der Waals surface area contributed by atoms with Gasteiger partial charge in [-0.15, -0.1) is 0 Å². The normalized spacial score (nSPS) is 11.7. The fourth-order valence-corrected chi connectivity index (χ4v) is 1.93. The molecule has 0 amide bonds. The van der Waals surface area contributed by atoms with E-state index in [1.54, 1.807) is 50.4 Å². The average Bonchev–Trinajstić information content (AvgIpc) is 3.08. The topological polar surface area (TPSA) is 65.7 Å². The molecule has 0 bridgehead atoms. The third-order valence-corrected chi connectivity index (χ3v) is 3.32. The molecule has 1 unspecified atom stereocenters. The van der Waals surface area contributed by atoms with E-state index in [4.69, 9.17) is 13.9 Å². The highest BCUT2D eigenvalue weighted by Gasteiger charge is 2.18. The van der Waals surface area contributed by atoms with Gasteiger partial charge in [0.15, 0.2) is 5.76 Å². The Labute approximate surface area is 128 Å². The van der Waals surface area contributed by atoms with Gasteiger partial charge in [0.1, 0.15) is 5.75 Å². The van der Waals surface area contributed by atoms with Gasteiger partial charge in [0.2, 0.25) is 5.78 Å². The lowest BCUT2D eigenvalue weighted by molar-refractivity contribution is 0.0476. The standard InChI is InChI=1S/C17H18O5/c1-12(16(18)15-4-3-10-21-15)9-11-22-17(19)13-5-7-14(20-2)8-6-13/h3-8,10,12H,9,11H2,1-2H3. The van der Waals surface area contributed by atoms with Crippen LogP contribution in [0, 0.1) is 5.92 Å². The second-order valence-electron chi connectivity index (χ2n) is 4.90. The number of methoxy groups -OCH3 is 1. The molecule has 1 aromatic carbocycles. The van der Waals surface area contributed by atoms with E-state index >= 15 is 0 Å². The molecule has 0 saturated carbocycles. The van der Waals surface area contributed by atoms with Gasteiger partial charge in [-0.05, 0) is 42.8 Å². The van der Waals surface area contributed by atoms with Crippen LogP contribution in [0.15, 0.2) is 47.1 Å². The van der Waals surface area contributed by atoms with Crippen LogP contribution in [0.2, 0.25) is 0 Å². The summed E-state index contributed by atoms with van der Waals surface area (Å²) in [6.45, 7) is 1.96. The molecule has 5 nitrogen and oxygen atoms in total. The molecule has 22 heavy (non-hydrogen) atoms. The zero-order valence-electron chi connectivity index (χ0n) is 12.6. The van der Waals surface area contributed by atoms with E-state index < -0.39 is 5.97 Å². The summed E-state index contributed by atoms with van der Waals surface area (Å²) >= 11 is 0.